The van der Waals surface area contributed by atoms with Gasteiger partial charge in [0.1, 0.15) is 5.70 Å². The maximum absolute atomic E-state index is 11.2. The largest absolute Gasteiger partial charge is 0.464 e. The molecular weight excluding hydrogens is 174 g/mol. The normalized spacial score (nSPS) is 26.9. The summed E-state index contributed by atoms with van der Waals surface area (Å²) in [4.78, 5) is 13.3. The first-order chi connectivity index (χ1) is 5.83. The lowest BCUT2D eigenvalue weighted by Crippen LogP contribution is -2.51. The third-order valence-electron chi connectivity index (χ3n) is 2.33. The summed E-state index contributed by atoms with van der Waals surface area (Å²) in [5, 5.41) is 1.90. The lowest BCUT2D eigenvalue weighted by molar-refractivity contribution is -0.139. The van der Waals surface area contributed by atoms with Gasteiger partial charge in [0.25, 0.3) is 0 Å². The Balaban J connectivity index is 2.13. The van der Waals surface area contributed by atoms with Crippen molar-refractivity contribution >= 4 is 17.7 Å². The summed E-state index contributed by atoms with van der Waals surface area (Å²) in [6, 6.07) is 0.578. The quantitative estimate of drug-likeness (QED) is 0.566. The van der Waals surface area contributed by atoms with Gasteiger partial charge >= 0.3 is 5.97 Å². The van der Waals surface area contributed by atoms with E-state index in [9.17, 15) is 4.79 Å². The molecule has 3 nitrogen and oxygen atoms in total. The Kier molecular flexibility index (Phi) is 2.00. The topological polar surface area (TPSA) is 29.5 Å². The number of carbonyl (C=O) groups excluding carboxylic acids is 1. The van der Waals surface area contributed by atoms with Gasteiger partial charge in [-0.2, -0.15) is 0 Å². The molecule has 0 aromatic carbocycles. The van der Waals surface area contributed by atoms with Crippen LogP contribution in [-0.4, -0.2) is 36.3 Å². The molecule has 0 saturated carbocycles. The van der Waals surface area contributed by atoms with Crippen molar-refractivity contribution in [2.75, 3.05) is 19.4 Å². The maximum Gasteiger partial charge on any atom is 0.354 e. The Morgan fingerprint density at radius 3 is 3.25 bits per heavy atom. The van der Waals surface area contributed by atoms with Crippen LogP contribution in [0.2, 0.25) is 0 Å². The molecule has 0 aromatic heterocycles. The van der Waals surface area contributed by atoms with Crippen LogP contribution in [0.25, 0.3) is 0 Å². The molecule has 2 rings (SSSR count). The fourth-order valence-corrected chi connectivity index (χ4v) is 2.56. The van der Waals surface area contributed by atoms with E-state index in [0.717, 1.165) is 18.0 Å². The maximum atomic E-state index is 11.2. The highest BCUT2D eigenvalue weighted by Crippen LogP contribution is 2.32. The average molecular weight is 185 g/mol. The molecule has 0 aliphatic carbocycles. The van der Waals surface area contributed by atoms with Gasteiger partial charge in [0.15, 0.2) is 0 Å². The van der Waals surface area contributed by atoms with E-state index in [1.165, 1.54) is 13.5 Å². The zero-order valence-electron chi connectivity index (χ0n) is 6.95. The molecular formula is C8H11NO2S. The van der Waals surface area contributed by atoms with Crippen molar-refractivity contribution in [3.05, 3.63) is 11.1 Å². The zero-order chi connectivity index (χ0) is 8.55. The Morgan fingerprint density at radius 1 is 1.83 bits per heavy atom. The van der Waals surface area contributed by atoms with Crippen LogP contribution in [0.1, 0.15) is 6.42 Å². The summed E-state index contributed by atoms with van der Waals surface area (Å²) >= 11 is 1.71. The number of rotatable bonds is 1. The number of methoxy groups -OCH3 is 1. The van der Waals surface area contributed by atoms with Crippen LogP contribution >= 0.6 is 11.8 Å². The first-order valence-corrected chi connectivity index (χ1v) is 5.04. The fraction of sp³-hybridized carbons (Fsp3) is 0.625. The minimum Gasteiger partial charge on any atom is -0.464 e. The number of fused-ring (bicyclic) bond motifs is 1. The summed E-state index contributed by atoms with van der Waals surface area (Å²) in [6.45, 7) is 1.01. The van der Waals surface area contributed by atoms with Crippen LogP contribution in [0, 0.1) is 0 Å². The van der Waals surface area contributed by atoms with Gasteiger partial charge in [-0.05, 0) is 6.42 Å². The van der Waals surface area contributed by atoms with E-state index >= 15 is 0 Å². The van der Waals surface area contributed by atoms with Gasteiger partial charge in [0, 0.05) is 23.7 Å². The Hall–Kier alpha value is -0.640. The van der Waals surface area contributed by atoms with Crippen molar-refractivity contribution in [3.8, 4) is 0 Å². The number of ether oxygens (including phenoxy) is 1. The second kappa shape index (κ2) is 3.01. The second-order valence-corrected chi connectivity index (χ2v) is 3.87. The van der Waals surface area contributed by atoms with E-state index in [1.807, 2.05) is 5.41 Å². The van der Waals surface area contributed by atoms with Crippen LogP contribution in [0.3, 0.4) is 0 Å². The fourth-order valence-electron chi connectivity index (χ4n) is 1.51. The number of hydrogen-bond acceptors (Lipinski definition) is 4. The molecule has 1 fully saturated rings. The predicted octanol–water partition coefficient (Wildman–Crippen LogP) is 0.822. The Bertz CT molecular complexity index is 239. The zero-order valence-corrected chi connectivity index (χ0v) is 7.76. The van der Waals surface area contributed by atoms with Crippen LogP contribution in [0.15, 0.2) is 11.1 Å². The Morgan fingerprint density at radius 2 is 2.67 bits per heavy atom. The smallest absolute Gasteiger partial charge is 0.354 e. The highest BCUT2D eigenvalue weighted by Gasteiger charge is 2.35. The monoisotopic (exact) mass is 185 g/mol. The van der Waals surface area contributed by atoms with Crippen molar-refractivity contribution in [2.24, 2.45) is 0 Å². The second-order valence-electron chi connectivity index (χ2n) is 2.96. The number of thioether (sulfide) groups is 1. The summed E-state index contributed by atoms with van der Waals surface area (Å²) in [5.74, 6) is 0.910. The third kappa shape index (κ3) is 1.10. The summed E-state index contributed by atoms with van der Waals surface area (Å²) in [5.41, 5.74) is 0.741. The van der Waals surface area contributed by atoms with E-state index in [0.29, 0.717) is 6.04 Å². The van der Waals surface area contributed by atoms with Crippen molar-refractivity contribution in [1.82, 2.24) is 4.90 Å². The van der Waals surface area contributed by atoms with Crippen LogP contribution in [-0.2, 0) is 9.53 Å². The molecule has 1 atom stereocenters. The predicted molar refractivity (Wildman–Crippen MR) is 47.7 cm³/mol. The number of carbonyl (C=O) groups is 1. The Labute approximate surface area is 75.8 Å². The highest BCUT2D eigenvalue weighted by atomic mass is 32.2. The molecule has 66 valence electrons. The lowest BCUT2D eigenvalue weighted by atomic mass is 10.0. The molecule has 0 radical (unpaired) electrons. The van der Waals surface area contributed by atoms with Crippen molar-refractivity contribution < 1.29 is 9.53 Å². The van der Waals surface area contributed by atoms with Crippen molar-refractivity contribution in [3.63, 3.8) is 0 Å². The lowest BCUT2D eigenvalue weighted by Gasteiger charge is -2.45. The number of esters is 1. The molecule has 4 heteroatoms. The standard InChI is InChI=1S/C8H11NO2S/c1-11-8(10)7-5-12-4-6-2-3-9(6)7/h5-6H,2-4H2,1H3. The molecule has 0 bridgehead atoms. The minimum atomic E-state index is -0.202. The molecule has 2 heterocycles. The molecule has 2 aliphatic rings. The molecule has 1 saturated heterocycles. The van der Waals surface area contributed by atoms with E-state index < -0.39 is 0 Å². The SMILES string of the molecule is COC(=O)C1=CSCC2CCN12. The van der Waals surface area contributed by atoms with Crippen LogP contribution < -0.4 is 0 Å². The number of nitrogens with zero attached hydrogens (tertiary/aromatic N) is 1. The van der Waals surface area contributed by atoms with Gasteiger partial charge in [-0.25, -0.2) is 4.79 Å². The average Bonchev–Trinajstić information content (AvgIpc) is 2.05. The van der Waals surface area contributed by atoms with Crippen LogP contribution in [0.4, 0.5) is 0 Å². The van der Waals surface area contributed by atoms with Crippen molar-refractivity contribution in [2.45, 2.75) is 12.5 Å². The molecule has 0 spiro atoms. The van der Waals surface area contributed by atoms with E-state index in [4.69, 9.17) is 0 Å². The van der Waals surface area contributed by atoms with Gasteiger partial charge in [-0.15, -0.1) is 11.8 Å². The van der Waals surface area contributed by atoms with E-state index in [1.54, 1.807) is 11.8 Å². The number of hydrogen-bond donors (Lipinski definition) is 0. The first-order valence-electron chi connectivity index (χ1n) is 3.99. The minimum absolute atomic E-state index is 0.202. The highest BCUT2D eigenvalue weighted by molar-refractivity contribution is 8.02. The molecule has 0 aromatic rings. The van der Waals surface area contributed by atoms with E-state index in [-0.39, 0.29) is 5.97 Å². The van der Waals surface area contributed by atoms with Gasteiger partial charge in [0.2, 0.25) is 0 Å². The molecule has 0 N–H and O–H groups in total. The molecule has 12 heavy (non-hydrogen) atoms. The van der Waals surface area contributed by atoms with Crippen LogP contribution in [0.5, 0.6) is 0 Å². The molecule has 1 unspecified atom stereocenters. The summed E-state index contributed by atoms with van der Waals surface area (Å²) in [6.07, 6.45) is 1.21. The van der Waals surface area contributed by atoms with Crippen molar-refractivity contribution in [1.29, 1.82) is 0 Å². The van der Waals surface area contributed by atoms with Gasteiger partial charge in [-0.3, -0.25) is 0 Å². The summed E-state index contributed by atoms with van der Waals surface area (Å²) < 4.78 is 4.68. The van der Waals surface area contributed by atoms with Gasteiger partial charge in [-0.1, -0.05) is 0 Å². The molecule has 0 amide bonds. The van der Waals surface area contributed by atoms with Gasteiger partial charge in [0.05, 0.1) is 7.11 Å². The summed E-state index contributed by atoms with van der Waals surface area (Å²) in [7, 11) is 1.43. The van der Waals surface area contributed by atoms with E-state index in [2.05, 4.69) is 9.64 Å². The first kappa shape index (κ1) is 7.98. The molecule has 2 aliphatic heterocycles. The third-order valence-corrected chi connectivity index (χ3v) is 3.30. The van der Waals surface area contributed by atoms with Gasteiger partial charge < -0.3 is 9.64 Å².